The van der Waals surface area contributed by atoms with Crippen LogP contribution in [0.5, 0.6) is 5.75 Å². The second-order valence-corrected chi connectivity index (χ2v) is 6.45. The Balaban J connectivity index is 2.38. The van der Waals surface area contributed by atoms with E-state index in [2.05, 4.69) is 31.3 Å². The van der Waals surface area contributed by atoms with Gasteiger partial charge in [-0.1, -0.05) is 27.2 Å². The largest absolute Gasteiger partial charge is 0.493 e. The molecule has 0 aromatic carbocycles. The lowest BCUT2D eigenvalue weighted by Crippen LogP contribution is -2.39. The molecule has 1 aromatic heterocycles. The van der Waals surface area contributed by atoms with E-state index in [1.54, 1.807) is 13.3 Å². The second kappa shape index (κ2) is 6.14. The van der Waals surface area contributed by atoms with Crippen LogP contribution < -0.4 is 16.0 Å². The van der Waals surface area contributed by atoms with Gasteiger partial charge in [0.2, 0.25) is 0 Å². The zero-order chi connectivity index (χ0) is 14.8. The molecule has 114 valence electrons. The van der Waals surface area contributed by atoms with E-state index in [1.807, 2.05) is 4.68 Å². The number of methoxy groups -OCH3 is 1. The predicted molar refractivity (Wildman–Crippen MR) is 80.3 cm³/mol. The third-order valence-corrected chi connectivity index (χ3v) is 4.72. The second-order valence-electron chi connectivity index (χ2n) is 6.45. The van der Waals surface area contributed by atoms with Gasteiger partial charge in [-0.25, -0.2) is 0 Å². The molecule has 5 nitrogen and oxygen atoms in total. The van der Waals surface area contributed by atoms with Gasteiger partial charge in [-0.15, -0.1) is 0 Å². The molecular weight excluding hydrogens is 252 g/mol. The normalized spacial score (nSPS) is 22.9. The van der Waals surface area contributed by atoms with Crippen molar-refractivity contribution in [1.29, 1.82) is 0 Å². The molecule has 1 saturated carbocycles. The Kier molecular flexibility index (Phi) is 4.70. The Morgan fingerprint density at radius 1 is 1.60 bits per heavy atom. The molecule has 0 bridgehead atoms. The summed E-state index contributed by atoms with van der Waals surface area (Å²) in [6, 6.07) is 0.0940. The van der Waals surface area contributed by atoms with E-state index >= 15 is 0 Å². The van der Waals surface area contributed by atoms with E-state index in [0.29, 0.717) is 11.3 Å². The highest BCUT2D eigenvalue weighted by Crippen LogP contribution is 2.49. The number of nitrogens with two attached hydrogens (primary N) is 1. The molecule has 2 unspecified atom stereocenters. The third-order valence-electron chi connectivity index (χ3n) is 4.72. The number of hydrogen-bond acceptors (Lipinski definition) is 4. The summed E-state index contributed by atoms with van der Waals surface area (Å²) < 4.78 is 7.54. The molecule has 0 saturated heterocycles. The van der Waals surface area contributed by atoms with Crippen LogP contribution in [-0.2, 0) is 6.54 Å². The van der Waals surface area contributed by atoms with Crippen molar-refractivity contribution in [3.63, 3.8) is 0 Å². The maximum atomic E-state index is 5.91. The predicted octanol–water partition coefficient (Wildman–Crippen LogP) is 2.63. The van der Waals surface area contributed by atoms with E-state index in [-0.39, 0.29) is 6.04 Å². The average Bonchev–Trinajstić information content (AvgIpc) is 2.96. The highest BCUT2D eigenvalue weighted by molar-refractivity contribution is 5.29. The Morgan fingerprint density at radius 2 is 2.35 bits per heavy atom. The topological polar surface area (TPSA) is 65.1 Å². The molecule has 0 amide bonds. The van der Waals surface area contributed by atoms with Gasteiger partial charge >= 0.3 is 0 Å². The summed E-state index contributed by atoms with van der Waals surface area (Å²) >= 11 is 0. The molecular formula is C15H28N4O. The summed E-state index contributed by atoms with van der Waals surface area (Å²) in [5, 5.41) is 4.46. The summed E-state index contributed by atoms with van der Waals surface area (Å²) in [7, 11) is 1.70. The van der Waals surface area contributed by atoms with Gasteiger partial charge in [0.1, 0.15) is 0 Å². The van der Waals surface area contributed by atoms with Crippen LogP contribution >= 0.6 is 0 Å². The Hall–Kier alpha value is -1.07. The zero-order valence-electron chi connectivity index (χ0n) is 13.1. The Bertz CT molecular complexity index is 441. The van der Waals surface area contributed by atoms with Crippen molar-refractivity contribution in [3.05, 3.63) is 11.9 Å². The molecule has 0 spiro atoms. The maximum absolute atomic E-state index is 5.91. The molecule has 1 heterocycles. The zero-order valence-corrected chi connectivity index (χ0v) is 13.1. The fourth-order valence-electron chi connectivity index (χ4n) is 3.60. The number of nitrogens with one attached hydrogen (secondary N) is 1. The molecule has 1 aliphatic rings. The van der Waals surface area contributed by atoms with Crippen LogP contribution in [0.3, 0.4) is 0 Å². The van der Waals surface area contributed by atoms with Gasteiger partial charge in [-0.2, -0.15) is 5.10 Å². The SMILES string of the molecule is CCCn1ncc(OC)c1C(NN)C1CCCC1(C)C. The number of rotatable bonds is 6. The van der Waals surface area contributed by atoms with Gasteiger partial charge < -0.3 is 4.74 Å². The number of hydrazine groups is 1. The number of aromatic nitrogens is 2. The summed E-state index contributed by atoms with van der Waals surface area (Å²) in [6.07, 6.45) is 6.56. The van der Waals surface area contributed by atoms with Crippen molar-refractivity contribution in [1.82, 2.24) is 15.2 Å². The standard InChI is InChI=1S/C15H28N4O/c1-5-9-19-14(12(20-4)10-17-19)13(18-16)11-7-6-8-15(11,2)3/h10-11,13,18H,5-9,16H2,1-4H3. The molecule has 20 heavy (non-hydrogen) atoms. The summed E-state index contributed by atoms with van der Waals surface area (Å²) in [5.74, 6) is 7.25. The minimum absolute atomic E-state index is 0.0940. The summed E-state index contributed by atoms with van der Waals surface area (Å²) in [5.41, 5.74) is 4.42. The van der Waals surface area contributed by atoms with Crippen LogP contribution in [0.25, 0.3) is 0 Å². The first-order chi connectivity index (χ1) is 9.55. The third kappa shape index (κ3) is 2.69. The van der Waals surface area contributed by atoms with E-state index in [0.717, 1.165) is 24.4 Å². The lowest BCUT2D eigenvalue weighted by molar-refractivity contribution is 0.188. The van der Waals surface area contributed by atoms with Crippen molar-refractivity contribution in [3.8, 4) is 5.75 Å². The highest BCUT2D eigenvalue weighted by Gasteiger charge is 2.42. The van der Waals surface area contributed by atoms with Gasteiger partial charge in [0.25, 0.3) is 0 Å². The van der Waals surface area contributed by atoms with Crippen LogP contribution in [0.2, 0.25) is 0 Å². The van der Waals surface area contributed by atoms with Crippen molar-refractivity contribution < 1.29 is 4.74 Å². The molecule has 1 aromatic rings. The van der Waals surface area contributed by atoms with Crippen molar-refractivity contribution in [2.75, 3.05) is 7.11 Å². The molecule has 2 atom stereocenters. The Labute approximate surface area is 121 Å². The molecule has 2 rings (SSSR count). The fourth-order valence-corrected chi connectivity index (χ4v) is 3.60. The van der Waals surface area contributed by atoms with E-state index in [9.17, 15) is 0 Å². The number of aryl methyl sites for hydroxylation is 1. The monoisotopic (exact) mass is 280 g/mol. The van der Waals surface area contributed by atoms with E-state index in [1.165, 1.54) is 19.3 Å². The number of hydrogen-bond donors (Lipinski definition) is 2. The number of ether oxygens (including phenoxy) is 1. The first-order valence-corrected chi connectivity index (χ1v) is 7.61. The fraction of sp³-hybridized carbons (Fsp3) is 0.800. The van der Waals surface area contributed by atoms with Crippen molar-refractivity contribution >= 4 is 0 Å². The van der Waals surface area contributed by atoms with Crippen molar-refractivity contribution in [2.45, 2.75) is 59.0 Å². The van der Waals surface area contributed by atoms with Gasteiger partial charge in [-0.3, -0.25) is 16.0 Å². The quantitative estimate of drug-likeness (QED) is 0.621. The van der Waals surface area contributed by atoms with E-state index < -0.39 is 0 Å². The van der Waals surface area contributed by atoms with Crippen LogP contribution in [0.15, 0.2) is 6.20 Å². The summed E-state index contributed by atoms with van der Waals surface area (Å²) in [6.45, 7) is 7.72. The maximum Gasteiger partial charge on any atom is 0.161 e. The molecule has 0 radical (unpaired) electrons. The van der Waals surface area contributed by atoms with Crippen LogP contribution in [-0.4, -0.2) is 16.9 Å². The molecule has 0 aliphatic heterocycles. The van der Waals surface area contributed by atoms with Gasteiger partial charge in [0.05, 0.1) is 25.0 Å². The van der Waals surface area contributed by atoms with Gasteiger partial charge in [0, 0.05) is 6.54 Å². The average molecular weight is 280 g/mol. The molecule has 1 fully saturated rings. The molecule has 3 N–H and O–H groups in total. The minimum atomic E-state index is 0.0940. The van der Waals surface area contributed by atoms with Crippen LogP contribution in [0.4, 0.5) is 0 Å². The van der Waals surface area contributed by atoms with Crippen LogP contribution in [0, 0.1) is 11.3 Å². The minimum Gasteiger partial charge on any atom is -0.493 e. The van der Waals surface area contributed by atoms with Gasteiger partial charge in [-0.05, 0) is 30.6 Å². The number of nitrogens with zero attached hydrogens (tertiary/aromatic N) is 2. The van der Waals surface area contributed by atoms with E-state index in [4.69, 9.17) is 10.6 Å². The lowest BCUT2D eigenvalue weighted by atomic mass is 9.76. The van der Waals surface area contributed by atoms with Gasteiger partial charge in [0.15, 0.2) is 5.75 Å². The Morgan fingerprint density at radius 3 is 2.85 bits per heavy atom. The molecule has 5 heteroatoms. The smallest absolute Gasteiger partial charge is 0.161 e. The van der Waals surface area contributed by atoms with Crippen molar-refractivity contribution in [2.24, 2.45) is 17.2 Å². The summed E-state index contributed by atoms with van der Waals surface area (Å²) in [4.78, 5) is 0. The first kappa shape index (κ1) is 15.3. The first-order valence-electron chi connectivity index (χ1n) is 7.61. The highest BCUT2D eigenvalue weighted by atomic mass is 16.5. The lowest BCUT2D eigenvalue weighted by Gasteiger charge is -2.34. The van der Waals surface area contributed by atoms with Crippen LogP contribution in [0.1, 0.15) is 58.2 Å². The molecule has 1 aliphatic carbocycles.